The molecule has 0 spiro atoms. The third-order valence-electron chi connectivity index (χ3n) is 3.92. The van der Waals surface area contributed by atoms with E-state index in [1.807, 2.05) is 38.2 Å². The highest BCUT2D eigenvalue weighted by Crippen LogP contribution is 2.29. The average Bonchev–Trinajstić information content (AvgIpc) is 2.79. The highest BCUT2D eigenvalue weighted by atomic mass is 16.3. The average molecular weight is 284 g/mol. The van der Waals surface area contributed by atoms with Crippen molar-refractivity contribution in [3.05, 3.63) is 53.0 Å². The third-order valence-corrected chi connectivity index (χ3v) is 3.92. The number of hydrogen-bond donors (Lipinski definition) is 2. The first-order valence-corrected chi connectivity index (χ1v) is 7.33. The van der Waals surface area contributed by atoms with Crippen LogP contribution in [0.15, 0.2) is 34.7 Å². The van der Waals surface area contributed by atoms with Gasteiger partial charge in [-0.05, 0) is 56.1 Å². The topological polar surface area (TPSA) is 54.3 Å². The molecular formula is C17H20N2O2. The summed E-state index contributed by atoms with van der Waals surface area (Å²) < 4.78 is 5.74. The minimum Gasteiger partial charge on any atom is -0.464 e. The Bertz CT molecular complexity index is 661. The molecule has 1 aliphatic heterocycles. The Hall–Kier alpha value is -2.07. The lowest BCUT2D eigenvalue weighted by atomic mass is 9.99. The van der Waals surface area contributed by atoms with Crippen molar-refractivity contribution in [3.63, 3.8) is 0 Å². The fraction of sp³-hybridized carbons (Fsp3) is 0.353. The zero-order valence-corrected chi connectivity index (χ0v) is 12.4. The molecule has 1 aromatic carbocycles. The van der Waals surface area contributed by atoms with E-state index in [4.69, 9.17) is 4.42 Å². The van der Waals surface area contributed by atoms with E-state index in [0.29, 0.717) is 6.42 Å². The van der Waals surface area contributed by atoms with Crippen LogP contribution in [-0.2, 0) is 11.2 Å². The zero-order chi connectivity index (χ0) is 14.8. The van der Waals surface area contributed by atoms with Crippen molar-refractivity contribution in [1.82, 2.24) is 5.32 Å². The van der Waals surface area contributed by atoms with Crippen LogP contribution in [0.4, 0.5) is 5.69 Å². The number of nitrogens with one attached hydrogen (secondary N) is 2. The van der Waals surface area contributed by atoms with E-state index in [9.17, 15) is 4.79 Å². The maximum absolute atomic E-state index is 11.6. The molecule has 110 valence electrons. The molecule has 0 fully saturated rings. The van der Waals surface area contributed by atoms with Gasteiger partial charge >= 0.3 is 0 Å². The summed E-state index contributed by atoms with van der Waals surface area (Å²) in [6, 6.07) is 10.2. The number of benzene rings is 1. The second-order valence-corrected chi connectivity index (χ2v) is 5.49. The predicted octanol–water partition coefficient (Wildman–Crippen LogP) is 3.17. The van der Waals surface area contributed by atoms with Crippen LogP contribution in [0.2, 0.25) is 0 Å². The number of furan rings is 1. The molecule has 1 amide bonds. The monoisotopic (exact) mass is 284 g/mol. The van der Waals surface area contributed by atoms with Gasteiger partial charge in [0, 0.05) is 12.1 Å². The highest BCUT2D eigenvalue weighted by Gasteiger charge is 2.19. The molecule has 1 aliphatic rings. The fourth-order valence-corrected chi connectivity index (χ4v) is 2.86. The van der Waals surface area contributed by atoms with Gasteiger partial charge in [-0.1, -0.05) is 12.1 Å². The number of amides is 1. The van der Waals surface area contributed by atoms with Crippen LogP contribution < -0.4 is 10.6 Å². The minimum atomic E-state index is 0.0305. The van der Waals surface area contributed by atoms with Crippen LogP contribution in [0.1, 0.15) is 41.5 Å². The second-order valence-electron chi connectivity index (χ2n) is 5.49. The Morgan fingerprint density at radius 3 is 2.81 bits per heavy atom. The molecule has 3 rings (SSSR count). The Labute approximate surface area is 124 Å². The van der Waals surface area contributed by atoms with Gasteiger partial charge in [0.05, 0.1) is 6.04 Å². The van der Waals surface area contributed by atoms with Gasteiger partial charge in [0.1, 0.15) is 11.5 Å². The van der Waals surface area contributed by atoms with Gasteiger partial charge < -0.3 is 15.1 Å². The van der Waals surface area contributed by atoms with Gasteiger partial charge in [-0.15, -0.1) is 0 Å². The molecule has 2 aromatic rings. The van der Waals surface area contributed by atoms with Crippen molar-refractivity contribution in [2.75, 3.05) is 12.4 Å². The predicted molar refractivity (Wildman–Crippen MR) is 82.4 cm³/mol. The molecule has 0 saturated heterocycles. The first-order chi connectivity index (χ1) is 10.2. The summed E-state index contributed by atoms with van der Waals surface area (Å²) in [4.78, 5) is 11.6. The van der Waals surface area contributed by atoms with Crippen LogP contribution in [0.3, 0.4) is 0 Å². The molecular weight excluding hydrogens is 264 g/mol. The number of aryl methyl sites for hydroxylation is 2. The quantitative estimate of drug-likeness (QED) is 0.910. The number of hydrogen-bond acceptors (Lipinski definition) is 3. The Balaban J connectivity index is 1.95. The highest BCUT2D eigenvalue weighted by molar-refractivity contribution is 5.92. The number of anilines is 1. The molecule has 0 bridgehead atoms. The standard InChI is InChI=1S/C17H20N2O2/c1-11-6-9-15(21-11)17(18-2)13-7-8-14-12(10-13)4-3-5-16(20)19-14/h6-10,17-18H,3-5H2,1-2H3,(H,19,20). The van der Waals surface area contributed by atoms with Crippen molar-refractivity contribution in [3.8, 4) is 0 Å². The van der Waals surface area contributed by atoms with Gasteiger partial charge in [0.25, 0.3) is 0 Å². The van der Waals surface area contributed by atoms with Gasteiger partial charge in [-0.25, -0.2) is 0 Å². The maximum atomic E-state index is 11.6. The van der Waals surface area contributed by atoms with E-state index in [-0.39, 0.29) is 11.9 Å². The lowest BCUT2D eigenvalue weighted by Crippen LogP contribution is -2.17. The molecule has 4 heteroatoms. The largest absolute Gasteiger partial charge is 0.464 e. The summed E-state index contributed by atoms with van der Waals surface area (Å²) in [5.41, 5.74) is 3.29. The number of carbonyl (C=O) groups excluding carboxylic acids is 1. The normalized spacial score (nSPS) is 16.0. The van der Waals surface area contributed by atoms with Crippen molar-refractivity contribution in [2.24, 2.45) is 0 Å². The van der Waals surface area contributed by atoms with E-state index >= 15 is 0 Å². The van der Waals surface area contributed by atoms with Gasteiger partial charge in [-0.3, -0.25) is 4.79 Å². The summed E-state index contributed by atoms with van der Waals surface area (Å²) in [5.74, 6) is 1.92. The molecule has 1 unspecified atom stereocenters. The summed E-state index contributed by atoms with van der Waals surface area (Å²) >= 11 is 0. The van der Waals surface area contributed by atoms with E-state index in [0.717, 1.165) is 35.6 Å². The first kappa shape index (κ1) is 13.9. The van der Waals surface area contributed by atoms with Crippen LogP contribution >= 0.6 is 0 Å². The molecule has 2 N–H and O–H groups in total. The van der Waals surface area contributed by atoms with Gasteiger partial charge in [0.15, 0.2) is 0 Å². The van der Waals surface area contributed by atoms with E-state index < -0.39 is 0 Å². The molecule has 0 aliphatic carbocycles. The van der Waals surface area contributed by atoms with E-state index in [1.54, 1.807) is 0 Å². The number of carbonyl (C=O) groups is 1. The smallest absolute Gasteiger partial charge is 0.224 e. The minimum absolute atomic E-state index is 0.0305. The van der Waals surface area contributed by atoms with Crippen LogP contribution in [-0.4, -0.2) is 13.0 Å². The van der Waals surface area contributed by atoms with E-state index in [2.05, 4.69) is 16.7 Å². The first-order valence-electron chi connectivity index (χ1n) is 7.33. The Morgan fingerprint density at radius 1 is 1.24 bits per heavy atom. The fourth-order valence-electron chi connectivity index (χ4n) is 2.86. The van der Waals surface area contributed by atoms with E-state index in [1.165, 1.54) is 5.56 Å². The Kier molecular flexibility index (Phi) is 3.80. The van der Waals surface area contributed by atoms with Crippen molar-refractivity contribution < 1.29 is 9.21 Å². The zero-order valence-electron chi connectivity index (χ0n) is 12.4. The second kappa shape index (κ2) is 5.74. The van der Waals surface area contributed by atoms with Crippen molar-refractivity contribution in [1.29, 1.82) is 0 Å². The molecule has 21 heavy (non-hydrogen) atoms. The lowest BCUT2D eigenvalue weighted by Gasteiger charge is -2.17. The van der Waals surface area contributed by atoms with Gasteiger partial charge in [-0.2, -0.15) is 0 Å². The summed E-state index contributed by atoms with van der Waals surface area (Å²) in [7, 11) is 1.93. The van der Waals surface area contributed by atoms with Crippen LogP contribution in [0.25, 0.3) is 0 Å². The molecule has 2 heterocycles. The van der Waals surface area contributed by atoms with Crippen LogP contribution in [0.5, 0.6) is 0 Å². The number of rotatable bonds is 3. The third kappa shape index (κ3) is 2.85. The summed E-state index contributed by atoms with van der Waals surface area (Å²) in [6.07, 6.45) is 2.42. The SMILES string of the molecule is CNC(c1ccc2c(c1)CCCC(=O)N2)c1ccc(C)o1. The van der Waals surface area contributed by atoms with Crippen molar-refractivity contribution >= 4 is 11.6 Å². The van der Waals surface area contributed by atoms with Gasteiger partial charge in [0.2, 0.25) is 5.91 Å². The molecule has 1 atom stereocenters. The molecule has 0 saturated carbocycles. The summed E-state index contributed by atoms with van der Waals surface area (Å²) in [5, 5.41) is 6.27. The van der Waals surface area contributed by atoms with Crippen molar-refractivity contribution in [2.45, 2.75) is 32.2 Å². The molecule has 4 nitrogen and oxygen atoms in total. The molecule has 0 radical (unpaired) electrons. The molecule has 1 aromatic heterocycles. The maximum Gasteiger partial charge on any atom is 0.224 e. The van der Waals surface area contributed by atoms with Crippen LogP contribution in [0, 0.1) is 6.92 Å². The number of fused-ring (bicyclic) bond motifs is 1. The lowest BCUT2D eigenvalue weighted by molar-refractivity contribution is -0.116. The summed E-state index contributed by atoms with van der Waals surface area (Å²) in [6.45, 7) is 1.95. The Morgan fingerprint density at radius 2 is 2.10 bits per heavy atom.